The van der Waals surface area contributed by atoms with E-state index in [-0.39, 0.29) is 17.9 Å². The summed E-state index contributed by atoms with van der Waals surface area (Å²) < 4.78 is 5.83. The minimum atomic E-state index is 0.0448. The van der Waals surface area contributed by atoms with Crippen LogP contribution in [0.15, 0.2) is 24.3 Å². The number of nitriles is 1. The second kappa shape index (κ2) is 7.38. The third kappa shape index (κ3) is 3.69. The van der Waals surface area contributed by atoms with Gasteiger partial charge in [-0.1, -0.05) is 5.92 Å². The highest BCUT2D eigenvalue weighted by molar-refractivity contribution is 5.79. The molecule has 0 N–H and O–H groups in total. The second-order valence-electron chi connectivity index (χ2n) is 6.37. The topological polar surface area (TPSA) is 56.6 Å². The van der Waals surface area contributed by atoms with Crippen molar-refractivity contribution in [1.29, 1.82) is 5.26 Å². The van der Waals surface area contributed by atoms with Gasteiger partial charge >= 0.3 is 0 Å². The highest BCUT2D eigenvalue weighted by Gasteiger charge is 2.36. The maximum atomic E-state index is 12.5. The predicted octanol–water partition coefficient (Wildman–Crippen LogP) is 1.49. The summed E-state index contributed by atoms with van der Waals surface area (Å²) in [6.45, 7) is 3.76. The van der Waals surface area contributed by atoms with Crippen molar-refractivity contribution in [2.24, 2.45) is 5.92 Å². The number of piperidine rings is 1. The molecule has 1 aromatic carbocycles. The van der Waals surface area contributed by atoms with Gasteiger partial charge in [-0.15, -0.1) is 6.42 Å². The molecule has 5 heteroatoms. The van der Waals surface area contributed by atoms with Crippen molar-refractivity contribution in [2.75, 3.05) is 32.7 Å². The zero-order chi connectivity index (χ0) is 16.9. The first-order valence-corrected chi connectivity index (χ1v) is 8.31. The molecule has 2 aliphatic heterocycles. The Morgan fingerprint density at radius 1 is 1.25 bits per heavy atom. The van der Waals surface area contributed by atoms with Crippen LogP contribution in [0, 0.1) is 29.6 Å². The molecule has 5 nitrogen and oxygen atoms in total. The van der Waals surface area contributed by atoms with Gasteiger partial charge in [0.05, 0.1) is 31.3 Å². The Hall–Kier alpha value is -2.50. The summed E-state index contributed by atoms with van der Waals surface area (Å²) in [7, 11) is 0. The fourth-order valence-electron chi connectivity index (χ4n) is 3.22. The SMILES string of the molecule is C#CCN1CCC(C(=O)N2CC(Oc3ccc(C#N)cc3)C2)CC1. The maximum Gasteiger partial charge on any atom is 0.226 e. The molecule has 124 valence electrons. The standard InChI is InChI=1S/C19H21N3O2/c1-2-9-21-10-7-16(8-11-21)19(23)22-13-18(14-22)24-17-5-3-15(12-20)4-6-17/h1,3-6,16,18H,7-11,13-14H2. The van der Waals surface area contributed by atoms with Crippen LogP contribution in [0.3, 0.4) is 0 Å². The van der Waals surface area contributed by atoms with Gasteiger partial charge in [-0.2, -0.15) is 5.26 Å². The van der Waals surface area contributed by atoms with Crippen LogP contribution >= 0.6 is 0 Å². The highest BCUT2D eigenvalue weighted by atomic mass is 16.5. The minimum Gasteiger partial charge on any atom is -0.487 e. The molecule has 2 aliphatic rings. The number of hydrogen-bond donors (Lipinski definition) is 0. The quantitative estimate of drug-likeness (QED) is 0.788. The van der Waals surface area contributed by atoms with Gasteiger partial charge in [-0.25, -0.2) is 0 Å². The molecule has 3 rings (SSSR count). The first-order chi connectivity index (χ1) is 11.7. The Kier molecular flexibility index (Phi) is 5.03. The molecule has 0 saturated carbocycles. The van der Waals surface area contributed by atoms with E-state index in [2.05, 4.69) is 16.9 Å². The van der Waals surface area contributed by atoms with Crippen LogP contribution < -0.4 is 4.74 Å². The first kappa shape index (κ1) is 16.4. The number of amides is 1. The summed E-state index contributed by atoms with van der Waals surface area (Å²) >= 11 is 0. The molecule has 0 atom stereocenters. The van der Waals surface area contributed by atoms with Gasteiger partial charge < -0.3 is 9.64 Å². The smallest absolute Gasteiger partial charge is 0.226 e. The molecular formula is C19H21N3O2. The first-order valence-electron chi connectivity index (χ1n) is 8.31. The normalized spacial score (nSPS) is 19.2. The fraction of sp³-hybridized carbons (Fsp3) is 0.474. The van der Waals surface area contributed by atoms with E-state index in [9.17, 15) is 4.79 Å². The predicted molar refractivity (Wildman–Crippen MR) is 90.2 cm³/mol. The van der Waals surface area contributed by atoms with E-state index in [0.717, 1.165) is 31.7 Å². The molecule has 0 aliphatic carbocycles. The van der Waals surface area contributed by atoms with Crippen LogP contribution in [0.5, 0.6) is 5.75 Å². The van der Waals surface area contributed by atoms with Gasteiger partial charge in [0.25, 0.3) is 0 Å². The van der Waals surface area contributed by atoms with E-state index in [4.69, 9.17) is 16.4 Å². The Morgan fingerprint density at radius 2 is 1.92 bits per heavy atom. The lowest BCUT2D eigenvalue weighted by Crippen LogP contribution is -2.58. The average Bonchev–Trinajstić information content (AvgIpc) is 2.59. The van der Waals surface area contributed by atoms with Gasteiger partial charge in [0.2, 0.25) is 5.91 Å². The zero-order valence-corrected chi connectivity index (χ0v) is 13.6. The number of terminal acetylenes is 1. The van der Waals surface area contributed by atoms with E-state index in [0.29, 0.717) is 25.2 Å². The number of ether oxygens (including phenoxy) is 1. The van der Waals surface area contributed by atoms with Gasteiger partial charge in [0, 0.05) is 5.92 Å². The lowest BCUT2D eigenvalue weighted by Gasteiger charge is -2.42. The molecule has 2 heterocycles. The summed E-state index contributed by atoms with van der Waals surface area (Å²) in [5.41, 5.74) is 0.615. The van der Waals surface area contributed by atoms with Crippen LogP contribution in [0.25, 0.3) is 0 Å². The van der Waals surface area contributed by atoms with Gasteiger partial charge in [0.15, 0.2) is 0 Å². The Morgan fingerprint density at radius 3 is 2.50 bits per heavy atom. The van der Waals surface area contributed by atoms with E-state index in [1.54, 1.807) is 24.3 Å². The van der Waals surface area contributed by atoms with E-state index >= 15 is 0 Å². The Bertz CT molecular complexity index is 657. The second-order valence-corrected chi connectivity index (χ2v) is 6.37. The van der Waals surface area contributed by atoms with Gasteiger partial charge in [-0.3, -0.25) is 9.69 Å². The third-order valence-corrected chi connectivity index (χ3v) is 4.70. The Balaban J connectivity index is 1.42. The van der Waals surface area contributed by atoms with Crippen molar-refractivity contribution in [3.8, 4) is 24.2 Å². The third-order valence-electron chi connectivity index (χ3n) is 4.70. The zero-order valence-electron chi connectivity index (χ0n) is 13.6. The van der Waals surface area contributed by atoms with E-state index < -0.39 is 0 Å². The Labute approximate surface area is 142 Å². The van der Waals surface area contributed by atoms with Crippen molar-refractivity contribution in [2.45, 2.75) is 18.9 Å². The molecule has 0 aromatic heterocycles. The van der Waals surface area contributed by atoms with Crippen molar-refractivity contribution in [3.63, 3.8) is 0 Å². The van der Waals surface area contributed by atoms with Gasteiger partial charge in [-0.05, 0) is 50.2 Å². The molecule has 2 saturated heterocycles. The molecular weight excluding hydrogens is 302 g/mol. The lowest BCUT2D eigenvalue weighted by atomic mass is 9.93. The number of carbonyl (C=O) groups is 1. The monoisotopic (exact) mass is 323 g/mol. The summed E-state index contributed by atoms with van der Waals surface area (Å²) in [5, 5.41) is 8.79. The van der Waals surface area contributed by atoms with Crippen molar-refractivity contribution >= 4 is 5.91 Å². The molecule has 0 bridgehead atoms. The molecule has 2 fully saturated rings. The highest BCUT2D eigenvalue weighted by Crippen LogP contribution is 2.24. The summed E-state index contributed by atoms with van der Waals surface area (Å²) in [6.07, 6.45) is 7.15. The molecule has 1 amide bonds. The summed E-state index contributed by atoms with van der Waals surface area (Å²) in [4.78, 5) is 16.6. The summed E-state index contributed by atoms with van der Waals surface area (Å²) in [5.74, 6) is 3.77. The summed E-state index contributed by atoms with van der Waals surface area (Å²) in [6, 6.07) is 9.15. The number of nitrogens with zero attached hydrogens (tertiary/aromatic N) is 3. The van der Waals surface area contributed by atoms with Crippen LogP contribution in [0.2, 0.25) is 0 Å². The maximum absolute atomic E-state index is 12.5. The number of carbonyl (C=O) groups excluding carboxylic acids is 1. The van der Waals surface area contributed by atoms with E-state index in [1.165, 1.54) is 0 Å². The van der Waals surface area contributed by atoms with Crippen molar-refractivity contribution in [1.82, 2.24) is 9.80 Å². The average molecular weight is 323 g/mol. The van der Waals surface area contributed by atoms with Crippen LogP contribution in [-0.2, 0) is 4.79 Å². The van der Waals surface area contributed by atoms with Crippen molar-refractivity contribution in [3.05, 3.63) is 29.8 Å². The van der Waals surface area contributed by atoms with Crippen molar-refractivity contribution < 1.29 is 9.53 Å². The minimum absolute atomic E-state index is 0.0448. The lowest BCUT2D eigenvalue weighted by molar-refractivity contribution is -0.146. The van der Waals surface area contributed by atoms with Crippen LogP contribution in [0.1, 0.15) is 18.4 Å². The molecule has 0 spiro atoms. The number of hydrogen-bond acceptors (Lipinski definition) is 4. The molecule has 24 heavy (non-hydrogen) atoms. The number of rotatable bonds is 4. The fourth-order valence-corrected chi connectivity index (χ4v) is 3.22. The van der Waals surface area contributed by atoms with Crippen LogP contribution in [-0.4, -0.2) is 54.5 Å². The number of benzene rings is 1. The largest absolute Gasteiger partial charge is 0.487 e. The van der Waals surface area contributed by atoms with Gasteiger partial charge in [0.1, 0.15) is 11.9 Å². The van der Waals surface area contributed by atoms with E-state index in [1.807, 2.05) is 4.90 Å². The molecule has 0 unspecified atom stereocenters. The molecule has 1 aromatic rings. The van der Waals surface area contributed by atoms with Crippen LogP contribution in [0.4, 0.5) is 0 Å². The number of likely N-dealkylation sites (tertiary alicyclic amines) is 2. The molecule has 0 radical (unpaired) electrons.